The van der Waals surface area contributed by atoms with Crippen LogP contribution in [0, 0.1) is 0 Å². The van der Waals surface area contributed by atoms with Gasteiger partial charge in [-0.1, -0.05) is 13.0 Å². The molecule has 0 heterocycles. The molecule has 1 aromatic rings. The van der Waals surface area contributed by atoms with Gasteiger partial charge in [0.05, 0.1) is 0 Å². The first-order valence-electron chi connectivity index (χ1n) is 6.91. The smallest absolute Gasteiger partial charge is 0.258 e. The van der Waals surface area contributed by atoms with Crippen LogP contribution < -0.4 is 15.8 Å². The lowest BCUT2D eigenvalue weighted by atomic mass is 9.87. The molecule has 104 valence electrons. The molecule has 4 heteroatoms. The Kier molecular flexibility index (Phi) is 4.43. The largest absolute Gasteiger partial charge is 0.481 e. The van der Waals surface area contributed by atoms with Crippen molar-refractivity contribution in [2.75, 3.05) is 7.05 Å². The maximum absolute atomic E-state index is 11.2. The molecule has 0 aromatic heterocycles. The molecule has 19 heavy (non-hydrogen) atoms. The molecule has 1 aliphatic rings. The average molecular weight is 262 g/mol. The standard InChI is InChI=1S/C15H22N2O2/c1-3-14(15(16)18)19-11-8-7-10-5-4-6-13(17-2)12(10)9-11/h7-9,13-14,17H,3-6H2,1-2H3,(H2,16,18). The van der Waals surface area contributed by atoms with E-state index >= 15 is 0 Å². The Hall–Kier alpha value is -1.55. The Morgan fingerprint density at radius 2 is 2.37 bits per heavy atom. The fourth-order valence-corrected chi connectivity index (χ4v) is 2.66. The highest BCUT2D eigenvalue weighted by Gasteiger charge is 2.20. The van der Waals surface area contributed by atoms with Crippen molar-refractivity contribution >= 4 is 5.91 Å². The van der Waals surface area contributed by atoms with Gasteiger partial charge >= 0.3 is 0 Å². The molecule has 0 aliphatic heterocycles. The molecule has 2 rings (SSSR count). The second-order valence-electron chi connectivity index (χ2n) is 5.01. The SMILES string of the molecule is CCC(Oc1ccc2c(c1)C(NC)CCC2)C(N)=O. The van der Waals surface area contributed by atoms with Gasteiger partial charge in [-0.25, -0.2) is 0 Å². The van der Waals surface area contributed by atoms with E-state index < -0.39 is 12.0 Å². The fraction of sp³-hybridized carbons (Fsp3) is 0.533. The lowest BCUT2D eigenvalue weighted by Gasteiger charge is -2.26. The predicted molar refractivity (Wildman–Crippen MR) is 75.1 cm³/mol. The number of primary amides is 1. The van der Waals surface area contributed by atoms with E-state index in [1.807, 2.05) is 26.1 Å². The van der Waals surface area contributed by atoms with E-state index in [1.165, 1.54) is 17.5 Å². The van der Waals surface area contributed by atoms with Crippen molar-refractivity contribution in [3.05, 3.63) is 29.3 Å². The number of carbonyl (C=O) groups is 1. The maximum Gasteiger partial charge on any atom is 0.258 e. The summed E-state index contributed by atoms with van der Waals surface area (Å²) < 4.78 is 5.68. The van der Waals surface area contributed by atoms with Crippen molar-refractivity contribution in [3.63, 3.8) is 0 Å². The number of aryl methyl sites for hydroxylation is 1. The van der Waals surface area contributed by atoms with Crippen LogP contribution in [0.3, 0.4) is 0 Å². The highest BCUT2D eigenvalue weighted by atomic mass is 16.5. The van der Waals surface area contributed by atoms with E-state index in [0.717, 1.165) is 18.6 Å². The van der Waals surface area contributed by atoms with Crippen LogP contribution in [-0.4, -0.2) is 19.1 Å². The van der Waals surface area contributed by atoms with E-state index in [0.29, 0.717) is 12.5 Å². The van der Waals surface area contributed by atoms with Crippen LogP contribution in [0.15, 0.2) is 18.2 Å². The summed E-state index contributed by atoms with van der Waals surface area (Å²) in [5.74, 6) is 0.317. The van der Waals surface area contributed by atoms with Gasteiger partial charge in [-0.3, -0.25) is 4.79 Å². The first-order valence-corrected chi connectivity index (χ1v) is 6.91. The lowest BCUT2D eigenvalue weighted by Crippen LogP contribution is -2.33. The zero-order chi connectivity index (χ0) is 13.8. The van der Waals surface area contributed by atoms with Crippen LogP contribution in [0.5, 0.6) is 5.75 Å². The Balaban J connectivity index is 2.22. The summed E-state index contributed by atoms with van der Waals surface area (Å²) in [6.07, 6.45) is 3.50. The van der Waals surface area contributed by atoms with Crippen LogP contribution in [0.25, 0.3) is 0 Å². The number of nitrogens with one attached hydrogen (secondary N) is 1. The minimum absolute atomic E-state index is 0.376. The number of benzene rings is 1. The Labute approximate surface area is 114 Å². The van der Waals surface area contributed by atoms with Gasteiger partial charge in [0, 0.05) is 6.04 Å². The Bertz CT molecular complexity index is 459. The fourth-order valence-electron chi connectivity index (χ4n) is 2.66. The quantitative estimate of drug-likeness (QED) is 0.852. The number of hydrogen-bond donors (Lipinski definition) is 2. The lowest BCUT2D eigenvalue weighted by molar-refractivity contribution is -0.124. The number of carbonyl (C=O) groups excluding carboxylic acids is 1. The first-order chi connectivity index (χ1) is 9.15. The number of nitrogens with two attached hydrogens (primary N) is 1. The van der Waals surface area contributed by atoms with Gasteiger partial charge in [0.25, 0.3) is 5.91 Å². The summed E-state index contributed by atoms with van der Waals surface area (Å²) in [5.41, 5.74) is 7.96. The predicted octanol–water partition coefficient (Wildman–Crippen LogP) is 1.93. The summed E-state index contributed by atoms with van der Waals surface area (Å²) >= 11 is 0. The minimum atomic E-state index is -0.547. The van der Waals surface area contributed by atoms with Crippen LogP contribution in [-0.2, 0) is 11.2 Å². The monoisotopic (exact) mass is 262 g/mol. The molecule has 0 radical (unpaired) electrons. The molecule has 0 spiro atoms. The van der Waals surface area contributed by atoms with Crippen LogP contribution >= 0.6 is 0 Å². The maximum atomic E-state index is 11.2. The van der Waals surface area contributed by atoms with Gasteiger partial charge < -0.3 is 15.8 Å². The number of hydrogen-bond acceptors (Lipinski definition) is 3. The number of ether oxygens (including phenoxy) is 1. The third-order valence-electron chi connectivity index (χ3n) is 3.75. The molecule has 2 atom stereocenters. The molecule has 1 amide bonds. The van der Waals surface area contributed by atoms with E-state index in [4.69, 9.17) is 10.5 Å². The second-order valence-corrected chi connectivity index (χ2v) is 5.01. The molecule has 1 aliphatic carbocycles. The molecule has 1 aromatic carbocycles. The summed E-state index contributed by atoms with van der Waals surface area (Å²) in [5, 5.41) is 3.33. The molecule has 0 saturated heterocycles. The van der Waals surface area contributed by atoms with Gasteiger partial charge in [0.15, 0.2) is 6.10 Å². The molecule has 3 N–H and O–H groups in total. The van der Waals surface area contributed by atoms with Gasteiger partial charge in [0.1, 0.15) is 5.75 Å². The third-order valence-corrected chi connectivity index (χ3v) is 3.75. The van der Waals surface area contributed by atoms with Gasteiger partial charge in [-0.2, -0.15) is 0 Å². The van der Waals surface area contributed by atoms with E-state index in [2.05, 4.69) is 11.4 Å². The molecular weight excluding hydrogens is 240 g/mol. The summed E-state index contributed by atoms with van der Waals surface area (Å²) in [4.78, 5) is 11.2. The van der Waals surface area contributed by atoms with Crippen molar-refractivity contribution < 1.29 is 9.53 Å². The molecular formula is C15H22N2O2. The molecule has 0 fully saturated rings. The van der Waals surface area contributed by atoms with Crippen molar-refractivity contribution in [1.82, 2.24) is 5.32 Å². The van der Waals surface area contributed by atoms with Crippen LogP contribution in [0.2, 0.25) is 0 Å². The third kappa shape index (κ3) is 3.07. The van der Waals surface area contributed by atoms with Gasteiger partial charge in [0.2, 0.25) is 0 Å². The molecule has 0 saturated carbocycles. The van der Waals surface area contributed by atoms with E-state index in [1.54, 1.807) is 0 Å². The average Bonchev–Trinajstić information content (AvgIpc) is 2.43. The Morgan fingerprint density at radius 1 is 1.58 bits per heavy atom. The minimum Gasteiger partial charge on any atom is -0.481 e. The van der Waals surface area contributed by atoms with Crippen molar-refractivity contribution in [2.24, 2.45) is 5.73 Å². The van der Waals surface area contributed by atoms with Gasteiger partial charge in [-0.05, 0) is 56.0 Å². The molecule has 2 unspecified atom stereocenters. The van der Waals surface area contributed by atoms with Crippen LogP contribution in [0.1, 0.15) is 43.4 Å². The topological polar surface area (TPSA) is 64.3 Å². The van der Waals surface area contributed by atoms with Crippen LogP contribution in [0.4, 0.5) is 0 Å². The van der Waals surface area contributed by atoms with Crippen molar-refractivity contribution in [2.45, 2.75) is 44.8 Å². The van der Waals surface area contributed by atoms with Crippen molar-refractivity contribution in [3.8, 4) is 5.75 Å². The highest BCUT2D eigenvalue weighted by molar-refractivity contribution is 5.79. The first kappa shape index (κ1) is 13.9. The highest BCUT2D eigenvalue weighted by Crippen LogP contribution is 2.32. The normalized spacial score (nSPS) is 19.6. The Morgan fingerprint density at radius 3 is 3.00 bits per heavy atom. The number of rotatable bonds is 5. The summed E-state index contributed by atoms with van der Waals surface area (Å²) in [7, 11) is 1.98. The molecule has 4 nitrogen and oxygen atoms in total. The number of amides is 1. The second kappa shape index (κ2) is 6.06. The number of fused-ring (bicyclic) bond motifs is 1. The summed E-state index contributed by atoms with van der Waals surface area (Å²) in [6, 6.07) is 6.45. The molecule has 0 bridgehead atoms. The van der Waals surface area contributed by atoms with E-state index in [9.17, 15) is 4.79 Å². The van der Waals surface area contributed by atoms with Crippen molar-refractivity contribution in [1.29, 1.82) is 0 Å². The zero-order valence-electron chi connectivity index (χ0n) is 11.6. The van der Waals surface area contributed by atoms with Gasteiger partial charge in [-0.15, -0.1) is 0 Å². The van der Waals surface area contributed by atoms with E-state index in [-0.39, 0.29) is 0 Å². The summed E-state index contributed by atoms with van der Waals surface area (Å²) in [6.45, 7) is 1.89. The zero-order valence-corrected chi connectivity index (χ0v) is 11.6.